The highest BCUT2D eigenvalue weighted by Gasteiger charge is 2.33. The minimum Gasteiger partial charge on any atom is -0.456 e. The minimum absolute atomic E-state index is 0.223. The van der Waals surface area contributed by atoms with E-state index in [4.69, 9.17) is 4.42 Å². The van der Waals surface area contributed by atoms with Crippen LogP contribution >= 0.6 is 0 Å². The fourth-order valence-corrected chi connectivity index (χ4v) is 2.44. The summed E-state index contributed by atoms with van der Waals surface area (Å²) in [5.74, 6) is 1.23. The first-order valence-corrected chi connectivity index (χ1v) is 6.06. The van der Waals surface area contributed by atoms with Gasteiger partial charge in [-0.1, -0.05) is 6.07 Å². The molecule has 0 amide bonds. The lowest BCUT2D eigenvalue weighted by Gasteiger charge is -2.11. The van der Waals surface area contributed by atoms with Crippen molar-refractivity contribution < 1.29 is 8.81 Å². The van der Waals surface area contributed by atoms with E-state index >= 15 is 0 Å². The van der Waals surface area contributed by atoms with Crippen LogP contribution in [0.15, 0.2) is 22.6 Å². The molecule has 1 heterocycles. The van der Waals surface area contributed by atoms with Gasteiger partial charge in [0.15, 0.2) is 11.4 Å². The highest BCUT2D eigenvalue weighted by Crippen LogP contribution is 2.42. The lowest BCUT2D eigenvalue weighted by molar-refractivity contribution is 0.413. The molecule has 3 rings (SSSR count). The Balaban J connectivity index is 2.12. The van der Waals surface area contributed by atoms with E-state index in [0.29, 0.717) is 11.5 Å². The zero-order valence-corrected chi connectivity index (χ0v) is 10.1. The first-order chi connectivity index (χ1) is 8.20. The van der Waals surface area contributed by atoms with Crippen molar-refractivity contribution in [3.8, 4) is 0 Å². The lowest BCUT2D eigenvalue weighted by atomic mass is 10.1. The van der Waals surface area contributed by atoms with Crippen LogP contribution in [0, 0.1) is 18.7 Å². The predicted octanol–water partition coefficient (Wildman–Crippen LogP) is 3.55. The van der Waals surface area contributed by atoms with E-state index in [1.165, 1.54) is 18.9 Å². The quantitative estimate of drug-likeness (QED) is 0.877. The number of furan rings is 1. The van der Waals surface area contributed by atoms with E-state index in [1.807, 2.05) is 20.0 Å². The van der Waals surface area contributed by atoms with E-state index in [-0.39, 0.29) is 11.9 Å². The first kappa shape index (κ1) is 10.8. The number of halogens is 1. The fraction of sp³-hybridized carbons (Fsp3) is 0.429. The van der Waals surface area contributed by atoms with Crippen LogP contribution in [0.2, 0.25) is 0 Å². The molecule has 1 aromatic heterocycles. The maximum absolute atomic E-state index is 13.6. The van der Waals surface area contributed by atoms with Crippen LogP contribution in [-0.4, -0.2) is 7.05 Å². The second-order valence-electron chi connectivity index (χ2n) is 4.86. The predicted molar refractivity (Wildman–Crippen MR) is 65.4 cm³/mol. The van der Waals surface area contributed by atoms with E-state index in [0.717, 1.165) is 16.7 Å². The molecule has 1 atom stereocenters. The van der Waals surface area contributed by atoms with Crippen molar-refractivity contribution in [2.24, 2.45) is 5.92 Å². The molecule has 17 heavy (non-hydrogen) atoms. The third-order valence-electron chi connectivity index (χ3n) is 3.58. The molecule has 90 valence electrons. The molecule has 0 spiro atoms. The Bertz CT molecular complexity index is 518. The Kier molecular flexibility index (Phi) is 2.44. The van der Waals surface area contributed by atoms with Gasteiger partial charge >= 0.3 is 0 Å². The van der Waals surface area contributed by atoms with Gasteiger partial charge in [0, 0.05) is 5.39 Å². The van der Waals surface area contributed by atoms with Gasteiger partial charge in [-0.25, -0.2) is 4.39 Å². The minimum atomic E-state index is -0.275. The van der Waals surface area contributed by atoms with Crippen LogP contribution in [0.1, 0.15) is 30.2 Å². The molecular weight excluding hydrogens is 217 g/mol. The summed E-state index contributed by atoms with van der Waals surface area (Å²) >= 11 is 0. The Morgan fingerprint density at radius 2 is 2.18 bits per heavy atom. The molecule has 1 saturated carbocycles. The molecule has 0 radical (unpaired) electrons. The standard InChI is InChI=1S/C14H16FNO/c1-8-3-6-11(15)14-10(8)7-12(17-14)13(16-2)9-4-5-9/h3,6-7,9,13,16H,4-5H2,1-2H3. The van der Waals surface area contributed by atoms with Crippen molar-refractivity contribution in [1.29, 1.82) is 0 Å². The number of benzene rings is 1. The summed E-state index contributed by atoms with van der Waals surface area (Å²) < 4.78 is 19.3. The smallest absolute Gasteiger partial charge is 0.170 e. The Hall–Kier alpha value is -1.35. The number of nitrogens with one attached hydrogen (secondary N) is 1. The third-order valence-corrected chi connectivity index (χ3v) is 3.58. The first-order valence-electron chi connectivity index (χ1n) is 6.06. The summed E-state index contributed by atoms with van der Waals surface area (Å²) in [6.07, 6.45) is 2.45. The summed E-state index contributed by atoms with van der Waals surface area (Å²) in [5, 5.41) is 4.15. The molecule has 1 N–H and O–H groups in total. The van der Waals surface area contributed by atoms with Crippen molar-refractivity contribution in [2.45, 2.75) is 25.8 Å². The van der Waals surface area contributed by atoms with Gasteiger partial charge in [0.1, 0.15) is 5.76 Å². The summed E-state index contributed by atoms with van der Waals surface area (Å²) in [5.41, 5.74) is 1.45. The highest BCUT2D eigenvalue weighted by molar-refractivity contribution is 5.82. The summed E-state index contributed by atoms with van der Waals surface area (Å²) in [6.45, 7) is 1.98. The van der Waals surface area contributed by atoms with Crippen LogP contribution in [0.5, 0.6) is 0 Å². The van der Waals surface area contributed by atoms with E-state index < -0.39 is 0 Å². The molecule has 0 saturated heterocycles. The zero-order chi connectivity index (χ0) is 12.0. The van der Waals surface area contributed by atoms with Gasteiger partial charge in [-0.15, -0.1) is 0 Å². The second kappa shape index (κ2) is 3.84. The number of fused-ring (bicyclic) bond motifs is 1. The van der Waals surface area contributed by atoms with Crippen LogP contribution < -0.4 is 5.32 Å². The van der Waals surface area contributed by atoms with Crippen LogP contribution in [0.4, 0.5) is 4.39 Å². The fourth-order valence-electron chi connectivity index (χ4n) is 2.44. The molecular formula is C14H16FNO. The number of rotatable bonds is 3. The highest BCUT2D eigenvalue weighted by atomic mass is 19.1. The molecule has 2 nitrogen and oxygen atoms in total. The van der Waals surface area contributed by atoms with Gasteiger partial charge in [-0.2, -0.15) is 0 Å². The second-order valence-corrected chi connectivity index (χ2v) is 4.86. The maximum Gasteiger partial charge on any atom is 0.170 e. The molecule has 0 aliphatic heterocycles. The van der Waals surface area contributed by atoms with Crippen LogP contribution in [0.3, 0.4) is 0 Å². The van der Waals surface area contributed by atoms with Gasteiger partial charge in [-0.05, 0) is 50.4 Å². The molecule has 1 aromatic carbocycles. The third kappa shape index (κ3) is 1.75. The summed E-state index contributed by atoms with van der Waals surface area (Å²) in [7, 11) is 1.93. The number of aryl methyl sites for hydroxylation is 1. The van der Waals surface area contributed by atoms with E-state index in [9.17, 15) is 4.39 Å². The van der Waals surface area contributed by atoms with Gasteiger partial charge in [0.05, 0.1) is 6.04 Å². The number of hydrogen-bond donors (Lipinski definition) is 1. The molecule has 2 aromatic rings. The SMILES string of the molecule is CNC(c1cc2c(C)ccc(F)c2o1)C1CC1. The molecule has 1 fully saturated rings. The van der Waals surface area contributed by atoms with Gasteiger partial charge in [0.2, 0.25) is 0 Å². The van der Waals surface area contributed by atoms with Crippen LogP contribution in [0.25, 0.3) is 11.0 Å². The lowest BCUT2D eigenvalue weighted by Crippen LogP contribution is -2.17. The largest absolute Gasteiger partial charge is 0.456 e. The Morgan fingerprint density at radius 1 is 1.41 bits per heavy atom. The monoisotopic (exact) mass is 233 g/mol. The van der Waals surface area contributed by atoms with Crippen molar-refractivity contribution in [3.05, 3.63) is 35.3 Å². The molecule has 1 aliphatic rings. The summed E-state index contributed by atoms with van der Waals surface area (Å²) in [4.78, 5) is 0. The molecule has 3 heteroatoms. The van der Waals surface area contributed by atoms with Gasteiger partial charge < -0.3 is 9.73 Å². The molecule has 1 unspecified atom stereocenters. The topological polar surface area (TPSA) is 25.2 Å². The van der Waals surface area contributed by atoms with Crippen molar-refractivity contribution in [3.63, 3.8) is 0 Å². The maximum atomic E-state index is 13.6. The zero-order valence-electron chi connectivity index (χ0n) is 10.1. The average molecular weight is 233 g/mol. The van der Waals surface area contributed by atoms with E-state index in [2.05, 4.69) is 5.32 Å². The number of hydrogen-bond acceptors (Lipinski definition) is 2. The Morgan fingerprint density at radius 3 is 2.76 bits per heavy atom. The van der Waals surface area contributed by atoms with Gasteiger partial charge in [-0.3, -0.25) is 0 Å². The summed E-state index contributed by atoms with van der Waals surface area (Å²) in [6, 6.07) is 5.47. The van der Waals surface area contributed by atoms with Crippen molar-refractivity contribution >= 4 is 11.0 Å². The Labute approximate surface area is 99.8 Å². The van der Waals surface area contributed by atoms with Crippen molar-refractivity contribution in [2.75, 3.05) is 7.05 Å². The van der Waals surface area contributed by atoms with E-state index in [1.54, 1.807) is 6.07 Å². The molecule has 1 aliphatic carbocycles. The van der Waals surface area contributed by atoms with Crippen LogP contribution in [-0.2, 0) is 0 Å². The average Bonchev–Trinajstić information content (AvgIpc) is 3.03. The normalized spacial score (nSPS) is 17.6. The van der Waals surface area contributed by atoms with Gasteiger partial charge in [0.25, 0.3) is 0 Å². The van der Waals surface area contributed by atoms with Crippen molar-refractivity contribution in [1.82, 2.24) is 5.32 Å². The molecule has 0 bridgehead atoms.